The lowest BCUT2D eigenvalue weighted by Crippen LogP contribution is -2.48. The van der Waals surface area contributed by atoms with Crippen LogP contribution in [-0.4, -0.2) is 46.3 Å². The van der Waals surface area contributed by atoms with Crippen molar-refractivity contribution < 1.29 is 14.4 Å². The Morgan fingerprint density at radius 1 is 1.09 bits per heavy atom. The maximum absolute atomic E-state index is 13.4. The summed E-state index contributed by atoms with van der Waals surface area (Å²) in [5, 5.41) is 6.90. The molecule has 170 valence electrons. The van der Waals surface area contributed by atoms with Crippen molar-refractivity contribution >= 4 is 40.5 Å². The first kappa shape index (κ1) is 21.9. The molecule has 1 saturated heterocycles. The van der Waals surface area contributed by atoms with Gasteiger partial charge < -0.3 is 10.2 Å². The van der Waals surface area contributed by atoms with Gasteiger partial charge in [0, 0.05) is 16.3 Å². The maximum Gasteiger partial charge on any atom is 0.325 e. The first-order valence-electron chi connectivity index (χ1n) is 11.0. The minimum atomic E-state index is -1.01. The van der Waals surface area contributed by atoms with Gasteiger partial charge in [-0.15, -0.1) is 22.7 Å². The standard InChI is InChI=1S/C25H25N3O3S2/c1-25(12-9-17-6-3-2-4-7-17)23(30)28(24(31)26-25)16-21(29)27-13-10-19-18(11-15-33-19)22(27)20-8-5-14-32-20/h2-8,11,14-15,22H,9-10,12-13,16H2,1H3,(H,26,31)/t22-,25+/m1/s1. The van der Waals surface area contributed by atoms with Crippen LogP contribution in [0.25, 0.3) is 0 Å². The molecule has 6 nitrogen and oxygen atoms in total. The fourth-order valence-corrected chi connectivity index (χ4v) is 6.42. The SMILES string of the molecule is C[C@@]1(CCc2ccccc2)NC(=O)N(CC(=O)N2CCc3sccc3[C@@H]2c2cccs2)C1=O. The van der Waals surface area contributed by atoms with Crippen molar-refractivity contribution in [3.8, 4) is 0 Å². The summed E-state index contributed by atoms with van der Waals surface area (Å²) in [4.78, 5) is 44.7. The highest BCUT2D eigenvalue weighted by atomic mass is 32.1. The zero-order valence-corrected chi connectivity index (χ0v) is 20.0. The first-order valence-corrected chi connectivity index (χ1v) is 12.8. The molecule has 8 heteroatoms. The predicted molar refractivity (Wildman–Crippen MR) is 129 cm³/mol. The Balaban J connectivity index is 1.32. The van der Waals surface area contributed by atoms with Gasteiger partial charge >= 0.3 is 6.03 Å². The molecule has 0 unspecified atom stereocenters. The van der Waals surface area contributed by atoms with Crippen LogP contribution in [0.4, 0.5) is 4.79 Å². The van der Waals surface area contributed by atoms with Gasteiger partial charge in [0.2, 0.25) is 5.91 Å². The average molecular weight is 480 g/mol. The van der Waals surface area contributed by atoms with Gasteiger partial charge in [-0.1, -0.05) is 36.4 Å². The number of urea groups is 1. The molecule has 1 aromatic carbocycles. The van der Waals surface area contributed by atoms with E-state index in [1.54, 1.807) is 29.6 Å². The van der Waals surface area contributed by atoms with Crippen molar-refractivity contribution in [1.29, 1.82) is 0 Å². The minimum Gasteiger partial charge on any atom is -0.329 e. The molecule has 2 aromatic heterocycles. The lowest BCUT2D eigenvalue weighted by Gasteiger charge is -2.36. The number of amides is 4. The average Bonchev–Trinajstić information content (AvgIpc) is 3.56. The molecule has 2 aliphatic heterocycles. The van der Waals surface area contributed by atoms with E-state index in [0.717, 1.165) is 27.3 Å². The summed E-state index contributed by atoms with van der Waals surface area (Å²) in [5.41, 5.74) is 1.24. The van der Waals surface area contributed by atoms with E-state index in [0.29, 0.717) is 19.4 Å². The van der Waals surface area contributed by atoms with Crippen molar-refractivity contribution in [2.75, 3.05) is 13.1 Å². The Bertz CT molecular complexity index is 1170. The molecule has 0 saturated carbocycles. The van der Waals surface area contributed by atoms with E-state index in [1.807, 2.05) is 52.7 Å². The van der Waals surface area contributed by atoms with Gasteiger partial charge in [0.15, 0.2) is 0 Å². The zero-order valence-electron chi connectivity index (χ0n) is 18.3. The zero-order chi connectivity index (χ0) is 23.0. The molecule has 5 rings (SSSR count). The van der Waals surface area contributed by atoms with Crippen LogP contribution in [-0.2, 0) is 22.4 Å². The smallest absolute Gasteiger partial charge is 0.325 e. The second-order valence-electron chi connectivity index (χ2n) is 8.69. The van der Waals surface area contributed by atoms with Crippen LogP contribution in [0.5, 0.6) is 0 Å². The highest BCUT2D eigenvalue weighted by Gasteiger charge is 2.48. The summed E-state index contributed by atoms with van der Waals surface area (Å²) in [7, 11) is 0. The van der Waals surface area contributed by atoms with Gasteiger partial charge in [0.05, 0.1) is 6.04 Å². The number of nitrogens with zero attached hydrogens (tertiary/aromatic N) is 2. The summed E-state index contributed by atoms with van der Waals surface area (Å²) in [6.07, 6.45) is 1.93. The van der Waals surface area contributed by atoms with Gasteiger partial charge in [-0.3, -0.25) is 14.5 Å². The largest absolute Gasteiger partial charge is 0.329 e. The Morgan fingerprint density at radius 3 is 2.67 bits per heavy atom. The number of carbonyl (C=O) groups excluding carboxylic acids is 3. The number of benzene rings is 1. The van der Waals surface area contributed by atoms with Crippen molar-refractivity contribution in [2.45, 2.75) is 37.8 Å². The van der Waals surface area contributed by atoms with E-state index in [4.69, 9.17) is 0 Å². The number of thiophene rings is 2. The molecule has 1 fully saturated rings. The molecule has 33 heavy (non-hydrogen) atoms. The molecule has 0 radical (unpaired) electrons. The van der Waals surface area contributed by atoms with Gasteiger partial charge in [-0.2, -0.15) is 0 Å². The number of hydrogen-bond acceptors (Lipinski definition) is 5. The van der Waals surface area contributed by atoms with Crippen molar-refractivity contribution in [1.82, 2.24) is 15.1 Å². The number of hydrogen-bond donors (Lipinski definition) is 1. The molecule has 4 heterocycles. The van der Waals surface area contributed by atoms with Crippen LogP contribution in [0.3, 0.4) is 0 Å². The van der Waals surface area contributed by atoms with Crippen LogP contribution >= 0.6 is 22.7 Å². The van der Waals surface area contributed by atoms with Crippen molar-refractivity contribution in [3.63, 3.8) is 0 Å². The lowest BCUT2D eigenvalue weighted by molar-refractivity contribution is -0.140. The van der Waals surface area contributed by atoms with Crippen molar-refractivity contribution in [3.05, 3.63) is 80.2 Å². The summed E-state index contributed by atoms with van der Waals surface area (Å²) in [6.45, 7) is 2.07. The third-order valence-electron chi connectivity index (χ3n) is 6.49. The molecule has 3 aromatic rings. The number of imide groups is 1. The molecule has 2 atom stereocenters. The molecule has 0 aliphatic carbocycles. The van der Waals surface area contributed by atoms with Crippen LogP contribution in [0.1, 0.15) is 40.3 Å². The number of carbonyl (C=O) groups is 3. The first-order chi connectivity index (χ1) is 16.0. The second-order valence-corrected chi connectivity index (χ2v) is 10.7. The highest BCUT2D eigenvalue weighted by molar-refractivity contribution is 7.10. The summed E-state index contributed by atoms with van der Waals surface area (Å²) in [6, 6.07) is 15.3. The topological polar surface area (TPSA) is 69.7 Å². The van der Waals surface area contributed by atoms with Crippen LogP contribution in [0.15, 0.2) is 59.3 Å². The van der Waals surface area contributed by atoms with Gasteiger partial charge in [-0.25, -0.2) is 4.79 Å². The van der Waals surface area contributed by atoms with E-state index in [2.05, 4.69) is 16.8 Å². The van der Waals surface area contributed by atoms with E-state index in [-0.39, 0.29) is 24.4 Å². The third-order valence-corrected chi connectivity index (χ3v) is 8.42. The Hall–Kier alpha value is -2.97. The number of aryl methyl sites for hydroxylation is 1. The molecule has 1 N–H and O–H groups in total. The normalized spacial score (nSPS) is 22.4. The molecular weight excluding hydrogens is 454 g/mol. The number of fused-ring (bicyclic) bond motifs is 1. The highest BCUT2D eigenvalue weighted by Crippen LogP contribution is 2.39. The summed E-state index contributed by atoms with van der Waals surface area (Å²) >= 11 is 3.33. The van der Waals surface area contributed by atoms with Crippen molar-refractivity contribution in [2.24, 2.45) is 0 Å². The van der Waals surface area contributed by atoms with Gasteiger partial charge in [0.1, 0.15) is 12.1 Å². The number of nitrogens with one attached hydrogen (secondary N) is 1. The predicted octanol–water partition coefficient (Wildman–Crippen LogP) is 4.23. The Morgan fingerprint density at radius 2 is 1.91 bits per heavy atom. The van der Waals surface area contributed by atoms with Gasteiger partial charge in [-0.05, 0) is 60.2 Å². The molecule has 0 spiro atoms. The van der Waals surface area contributed by atoms with Crippen LogP contribution in [0, 0.1) is 0 Å². The van der Waals surface area contributed by atoms with E-state index < -0.39 is 11.6 Å². The van der Waals surface area contributed by atoms with E-state index in [9.17, 15) is 14.4 Å². The minimum absolute atomic E-state index is 0.169. The van der Waals surface area contributed by atoms with Crippen LogP contribution < -0.4 is 5.32 Å². The monoisotopic (exact) mass is 479 g/mol. The summed E-state index contributed by atoms with van der Waals surface area (Å²) < 4.78 is 0. The van der Waals surface area contributed by atoms with E-state index >= 15 is 0 Å². The molecule has 0 bridgehead atoms. The lowest BCUT2D eigenvalue weighted by atomic mass is 9.93. The second kappa shape index (κ2) is 8.76. The molecule has 4 amide bonds. The third kappa shape index (κ3) is 4.09. The quantitative estimate of drug-likeness (QED) is 0.538. The summed E-state index contributed by atoms with van der Waals surface area (Å²) in [5.74, 6) is -0.543. The molecule has 2 aliphatic rings. The van der Waals surface area contributed by atoms with Gasteiger partial charge in [0.25, 0.3) is 5.91 Å². The van der Waals surface area contributed by atoms with Crippen LogP contribution in [0.2, 0.25) is 0 Å². The molecular formula is C25H25N3O3S2. The Kier molecular flexibility index (Phi) is 5.80. The fourth-order valence-electron chi connectivity index (χ4n) is 4.66. The Labute approximate surface area is 200 Å². The van der Waals surface area contributed by atoms with E-state index in [1.165, 1.54) is 4.88 Å². The number of rotatable bonds is 6. The fraction of sp³-hybridized carbons (Fsp3) is 0.320. The maximum atomic E-state index is 13.4.